The summed E-state index contributed by atoms with van der Waals surface area (Å²) in [5.41, 5.74) is 0. The number of hydrogen-bond acceptors (Lipinski definition) is 4. The smallest absolute Gasteiger partial charge is 0.327 e. The van der Waals surface area contributed by atoms with Crippen LogP contribution in [-0.2, 0) is 19.1 Å². The molecular formula is C7H14O5S. The number of carbonyl (C=O) groups is 1. The second kappa shape index (κ2) is 4.06. The van der Waals surface area contributed by atoms with Crippen molar-refractivity contribution in [3.05, 3.63) is 0 Å². The first-order chi connectivity index (χ1) is 5.81. The maximum atomic E-state index is 11.3. The van der Waals surface area contributed by atoms with Gasteiger partial charge in [-0.3, -0.25) is 8.98 Å². The lowest BCUT2D eigenvalue weighted by Gasteiger charge is -2.21. The summed E-state index contributed by atoms with van der Waals surface area (Å²) in [6.45, 7) is 4.08. The molecule has 6 heteroatoms. The molecule has 1 atom stereocenters. The van der Waals surface area contributed by atoms with E-state index < -0.39 is 20.8 Å². The van der Waals surface area contributed by atoms with Crippen molar-refractivity contribution in [2.45, 2.75) is 31.9 Å². The molecule has 1 N–H and O–H groups in total. The Morgan fingerprint density at radius 1 is 1.46 bits per heavy atom. The molecule has 0 aliphatic heterocycles. The molecule has 0 aliphatic carbocycles. The largest absolute Gasteiger partial charge is 0.480 e. The van der Waals surface area contributed by atoms with Gasteiger partial charge in [-0.05, 0) is 20.3 Å². The molecule has 0 spiro atoms. The van der Waals surface area contributed by atoms with E-state index >= 15 is 0 Å². The average molecular weight is 210 g/mol. The van der Waals surface area contributed by atoms with Crippen molar-refractivity contribution in [3.63, 3.8) is 0 Å². The molecule has 1 unspecified atom stereocenters. The highest BCUT2D eigenvalue weighted by atomic mass is 32.2. The Bertz CT molecular complexity index is 281. The summed E-state index contributed by atoms with van der Waals surface area (Å²) in [7, 11) is -4.02. The molecule has 0 saturated carbocycles. The van der Waals surface area contributed by atoms with Crippen LogP contribution in [0.4, 0.5) is 0 Å². The van der Waals surface area contributed by atoms with Crippen LogP contribution in [0.3, 0.4) is 0 Å². The molecule has 0 aromatic rings. The molecule has 0 aliphatic rings. The summed E-state index contributed by atoms with van der Waals surface area (Å²) in [6, 6.07) is 0. The fourth-order valence-electron chi connectivity index (χ4n) is 0.720. The molecule has 0 radical (unpaired) electrons. The normalized spacial score (nSPS) is 16.5. The van der Waals surface area contributed by atoms with Gasteiger partial charge in [0.25, 0.3) is 10.1 Å². The van der Waals surface area contributed by atoms with Crippen LogP contribution < -0.4 is 0 Å². The molecule has 0 saturated heterocycles. The van der Waals surface area contributed by atoms with Gasteiger partial charge in [-0.2, -0.15) is 8.42 Å². The van der Waals surface area contributed by atoms with Crippen molar-refractivity contribution in [1.82, 2.24) is 0 Å². The quantitative estimate of drug-likeness (QED) is 0.672. The highest BCUT2D eigenvalue weighted by Crippen LogP contribution is 2.23. The van der Waals surface area contributed by atoms with Crippen LogP contribution in [0.15, 0.2) is 0 Å². The predicted molar refractivity (Wildman–Crippen MR) is 46.9 cm³/mol. The van der Waals surface area contributed by atoms with Gasteiger partial charge in [0.05, 0.1) is 6.61 Å². The van der Waals surface area contributed by atoms with E-state index in [1.165, 1.54) is 13.8 Å². The molecule has 78 valence electrons. The minimum Gasteiger partial charge on any atom is -0.480 e. The van der Waals surface area contributed by atoms with Crippen molar-refractivity contribution in [2.75, 3.05) is 6.61 Å². The van der Waals surface area contributed by atoms with Gasteiger partial charge in [0.2, 0.25) is 0 Å². The summed E-state index contributed by atoms with van der Waals surface area (Å²) in [4.78, 5) is 10.7. The van der Waals surface area contributed by atoms with Crippen LogP contribution in [0.5, 0.6) is 0 Å². The maximum Gasteiger partial charge on any atom is 0.327 e. The summed E-state index contributed by atoms with van der Waals surface area (Å²) in [6.07, 6.45) is -0.0231. The van der Waals surface area contributed by atoms with Crippen LogP contribution in [0, 0.1) is 0 Å². The Hall–Kier alpha value is -0.620. The number of carboxylic acid groups (broad SMARTS) is 1. The second-order valence-electron chi connectivity index (χ2n) is 2.75. The standard InChI is InChI=1S/C7H14O5S/c1-4-7(3,6(8)9)13(10,11)12-5-2/h4-5H2,1-3H3,(H,8,9). The SMILES string of the molecule is CCOS(=O)(=O)C(C)(CC)C(=O)O. The van der Waals surface area contributed by atoms with Crippen molar-refractivity contribution < 1.29 is 22.5 Å². The molecule has 0 bridgehead atoms. The topological polar surface area (TPSA) is 80.7 Å². The van der Waals surface area contributed by atoms with E-state index in [1.54, 1.807) is 0 Å². The maximum absolute atomic E-state index is 11.3. The van der Waals surface area contributed by atoms with Gasteiger partial charge in [-0.15, -0.1) is 0 Å². The van der Waals surface area contributed by atoms with Gasteiger partial charge < -0.3 is 5.11 Å². The second-order valence-corrected chi connectivity index (χ2v) is 4.80. The van der Waals surface area contributed by atoms with E-state index in [0.29, 0.717) is 0 Å². The molecule has 13 heavy (non-hydrogen) atoms. The molecule has 5 nitrogen and oxygen atoms in total. The first-order valence-corrected chi connectivity index (χ1v) is 5.35. The lowest BCUT2D eigenvalue weighted by atomic mass is 10.1. The van der Waals surface area contributed by atoms with Crippen molar-refractivity contribution >= 4 is 16.1 Å². The number of hydrogen-bond donors (Lipinski definition) is 1. The molecule has 0 amide bonds. The van der Waals surface area contributed by atoms with E-state index in [1.807, 2.05) is 0 Å². The van der Waals surface area contributed by atoms with Crippen LogP contribution in [0.1, 0.15) is 27.2 Å². The van der Waals surface area contributed by atoms with Crippen LogP contribution >= 0.6 is 0 Å². The van der Waals surface area contributed by atoms with Gasteiger partial charge in [0, 0.05) is 0 Å². The molecule has 0 aromatic heterocycles. The van der Waals surface area contributed by atoms with Crippen LogP contribution in [0.25, 0.3) is 0 Å². The minimum absolute atomic E-state index is 0.0231. The summed E-state index contributed by atoms with van der Waals surface area (Å²) < 4.78 is 25.2. The van der Waals surface area contributed by atoms with Gasteiger partial charge in [0.1, 0.15) is 0 Å². The Kier molecular flexibility index (Phi) is 3.87. The van der Waals surface area contributed by atoms with Gasteiger partial charge >= 0.3 is 5.97 Å². The Labute approximate surface area is 77.8 Å². The zero-order chi connectivity index (χ0) is 10.7. The van der Waals surface area contributed by atoms with Crippen LogP contribution in [0.2, 0.25) is 0 Å². The lowest BCUT2D eigenvalue weighted by Crippen LogP contribution is -2.43. The molecule has 0 rings (SSSR count). The summed E-state index contributed by atoms with van der Waals surface area (Å²) >= 11 is 0. The summed E-state index contributed by atoms with van der Waals surface area (Å²) in [5, 5.41) is 8.74. The van der Waals surface area contributed by atoms with E-state index in [-0.39, 0.29) is 13.0 Å². The number of carboxylic acids is 1. The van der Waals surface area contributed by atoms with Gasteiger partial charge in [-0.25, -0.2) is 0 Å². The molecule has 0 fully saturated rings. The van der Waals surface area contributed by atoms with Gasteiger partial charge in [-0.1, -0.05) is 6.92 Å². The van der Waals surface area contributed by atoms with E-state index in [9.17, 15) is 13.2 Å². The third-order valence-electron chi connectivity index (χ3n) is 1.95. The molecular weight excluding hydrogens is 196 g/mol. The zero-order valence-electron chi connectivity index (χ0n) is 7.90. The Morgan fingerprint density at radius 3 is 2.15 bits per heavy atom. The van der Waals surface area contributed by atoms with Crippen molar-refractivity contribution in [2.24, 2.45) is 0 Å². The zero-order valence-corrected chi connectivity index (χ0v) is 8.72. The Morgan fingerprint density at radius 2 is 1.92 bits per heavy atom. The fraction of sp³-hybridized carbons (Fsp3) is 0.857. The highest BCUT2D eigenvalue weighted by molar-refractivity contribution is 7.89. The minimum atomic E-state index is -4.02. The highest BCUT2D eigenvalue weighted by Gasteiger charge is 2.45. The van der Waals surface area contributed by atoms with Crippen LogP contribution in [-0.4, -0.2) is 30.8 Å². The first kappa shape index (κ1) is 12.4. The summed E-state index contributed by atoms with van der Waals surface area (Å²) in [5.74, 6) is -1.39. The predicted octanol–water partition coefficient (Wildman–Crippen LogP) is 0.606. The number of rotatable bonds is 5. The number of aliphatic carboxylic acids is 1. The van der Waals surface area contributed by atoms with E-state index in [0.717, 1.165) is 6.92 Å². The monoisotopic (exact) mass is 210 g/mol. The van der Waals surface area contributed by atoms with E-state index in [2.05, 4.69) is 4.18 Å². The molecule has 0 aromatic carbocycles. The third-order valence-corrected chi connectivity index (χ3v) is 4.06. The lowest BCUT2D eigenvalue weighted by molar-refractivity contribution is -0.139. The van der Waals surface area contributed by atoms with Crippen molar-refractivity contribution in [3.8, 4) is 0 Å². The molecule has 0 heterocycles. The van der Waals surface area contributed by atoms with E-state index in [4.69, 9.17) is 5.11 Å². The van der Waals surface area contributed by atoms with Gasteiger partial charge in [0.15, 0.2) is 4.75 Å². The Balaban J connectivity index is 5.09. The first-order valence-electron chi connectivity index (χ1n) is 3.94. The van der Waals surface area contributed by atoms with Crippen molar-refractivity contribution in [1.29, 1.82) is 0 Å². The third kappa shape index (κ3) is 2.19. The fourth-order valence-corrected chi connectivity index (χ4v) is 1.86. The average Bonchev–Trinajstić information content (AvgIpc) is 2.02.